The monoisotopic (exact) mass is 536 g/mol. The molecule has 1 saturated heterocycles. The van der Waals surface area contributed by atoms with Gasteiger partial charge >= 0.3 is 0 Å². The smallest absolute Gasteiger partial charge is 0.232 e. The molecule has 0 amide bonds. The minimum atomic E-state index is -0.378. The second-order valence-corrected chi connectivity index (χ2v) is 10.8. The lowest BCUT2D eigenvalue weighted by atomic mass is 10.2. The van der Waals surface area contributed by atoms with Crippen LogP contribution in [0.1, 0.15) is 24.0 Å². The lowest BCUT2D eigenvalue weighted by molar-refractivity contribution is 0.653. The van der Waals surface area contributed by atoms with Gasteiger partial charge in [0.15, 0.2) is 5.13 Å². The number of benzene rings is 2. The maximum Gasteiger partial charge on any atom is 0.232 e. The maximum atomic E-state index is 13.1. The lowest BCUT2D eigenvalue weighted by Gasteiger charge is -2.15. The van der Waals surface area contributed by atoms with Gasteiger partial charge in [-0.1, -0.05) is 11.3 Å². The van der Waals surface area contributed by atoms with E-state index in [9.17, 15) is 4.39 Å². The minimum Gasteiger partial charge on any atom is -0.368 e. The number of hydrazine groups is 1. The van der Waals surface area contributed by atoms with Crippen molar-refractivity contribution in [1.29, 1.82) is 0 Å². The standard InChI is InChI=1S/C26H29FN8S2/c1-17-13-19(29-16-30-24-9-10-25(37-24)35-11-3-4-12-35)5-7-21(17)32-31-20-6-8-22(18(2)14-20)33-34-26-28-15-23(27)36-26/h5-10,13-15,29-32H,3-4,11-12,16H2,1-2H3/b34-33+. The fourth-order valence-electron chi connectivity index (χ4n) is 4.05. The molecule has 0 saturated carbocycles. The van der Waals surface area contributed by atoms with Gasteiger partial charge in [0.1, 0.15) is 0 Å². The third-order valence-corrected chi connectivity index (χ3v) is 7.81. The fourth-order valence-corrected chi connectivity index (χ4v) is 5.47. The van der Waals surface area contributed by atoms with Crippen LogP contribution >= 0.6 is 22.7 Å². The van der Waals surface area contributed by atoms with Gasteiger partial charge in [0.2, 0.25) is 5.13 Å². The summed E-state index contributed by atoms with van der Waals surface area (Å²) < 4.78 is 13.1. The number of aromatic nitrogens is 1. The van der Waals surface area contributed by atoms with E-state index < -0.39 is 0 Å². The van der Waals surface area contributed by atoms with Crippen molar-refractivity contribution in [3.8, 4) is 0 Å². The van der Waals surface area contributed by atoms with E-state index in [0.29, 0.717) is 17.5 Å². The molecule has 4 aromatic rings. The van der Waals surface area contributed by atoms with E-state index in [4.69, 9.17) is 0 Å². The van der Waals surface area contributed by atoms with Gasteiger partial charge in [0.25, 0.3) is 0 Å². The Morgan fingerprint density at radius 3 is 2.46 bits per heavy atom. The molecule has 8 nitrogen and oxygen atoms in total. The summed E-state index contributed by atoms with van der Waals surface area (Å²) in [5.41, 5.74) is 12.2. The Bertz CT molecular complexity index is 1380. The van der Waals surface area contributed by atoms with Gasteiger partial charge in [-0.2, -0.15) is 4.39 Å². The van der Waals surface area contributed by atoms with Crippen LogP contribution in [-0.4, -0.2) is 24.7 Å². The Morgan fingerprint density at radius 1 is 0.892 bits per heavy atom. The zero-order valence-electron chi connectivity index (χ0n) is 20.7. The third-order valence-electron chi connectivity index (χ3n) is 6.04. The first-order valence-electron chi connectivity index (χ1n) is 12.1. The molecule has 4 N–H and O–H groups in total. The van der Waals surface area contributed by atoms with Crippen molar-refractivity contribution in [3.05, 3.63) is 71.0 Å². The summed E-state index contributed by atoms with van der Waals surface area (Å²) in [5.74, 6) is 0. The Labute approximate surface area is 223 Å². The molecule has 1 aliphatic heterocycles. The SMILES string of the molecule is Cc1cc(NNc2ccc(NCNc3ccc(N4CCCC4)s3)cc2C)ccc1/N=N/c1ncc(F)s1. The number of hydrogen-bond donors (Lipinski definition) is 4. The predicted molar refractivity (Wildman–Crippen MR) is 154 cm³/mol. The molecular weight excluding hydrogens is 507 g/mol. The summed E-state index contributed by atoms with van der Waals surface area (Å²) in [6.07, 6.45) is 3.72. The average Bonchev–Trinajstić information content (AvgIpc) is 3.65. The fraction of sp³-hybridized carbons (Fsp3) is 0.269. The molecule has 0 atom stereocenters. The Hall–Kier alpha value is -3.70. The van der Waals surface area contributed by atoms with E-state index in [1.807, 2.05) is 42.5 Å². The predicted octanol–water partition coefficient (Wildman–Crippen LogP) is 7.90. The molecule has 2 aromatic carbocycles. The summed E-state index contributed by atoms with van der Waals surface area (Å²) in [6, 6.07) is 16.3. The highest BCUT2D eigenvalue weighted by Crippen LogP contribution is 2.32. The highest BCUT2D eigenvalue weighted by atomic mass is 32.1. The molecule has 37 heavy (non-hydrogen) atoms. The highest BCUT2D eigenvalue weighted by molar-refractivity contribution is 7.20. The molecule has 0 unspecified atom stereocenters. The topological polar surface area (TPSA) is 89.0 Å². The largest absolute Gasteiger partial charge is 0.368 e. The van der Waals surface area contributed by atoms with E-state index in [0.717, 1.165) is 45.7 Å². The quantitative estimate of drug-likeness (QED) is 0.0936. The van der Waals surface area contributed by atoms with Crippen LogP contribution in [0.2, 0.25) is 0 Å². The van der Waals surface area contributed by atoms with Gasteiger partial charge in [0.05, 0.1) is 39.9 Å². The molecule has 11 heteroatoms. The molecular formula is C26H29FN8S2. The van der Waals surface area contributed by atoms with Crippen LogP contribution in [0.25, 0.3) is 0 Å². The number of thiophene rings is 1. The van der Waals surface area contributed by atoms with Crippen LogP contribution in [0, 0.1) is 19.0 Å². The zero-order valence-corrected chi connectivity index (χ0v) is 22.3. The minimum absolute atomic E-state index is 0.295. The van der Waals surface area contributed by atoms with Crippen molar-refractivity contribution in [2.24, 2.45) is 10.2 Å². The first kappa shape index (κ1) is 25.0. The van der Waals surface area contributed by atoms with Crippen LogP contribution < -0.4 is 26.4 Å². The van der Waals surface area contributed by atoms with E-state index in [-0.39, 0.29) is 5.13 Å². The number of azo groups is 1. The molecule has 5 rings (SSSR count). The van der Waals surface area contributed by atoms with E-state index in [2.05, 4.69) is 72.8 Å². The summed E-state index contributed by atoms with van der Waals surface area (Å²) in [6.45, 7) is 7.01. The van der Waals surface area contributed by atoms with Gasteiger partial charge in [0, 0.05) is 18.8 Å². The van der Waals surface area contributed by atoms with Crippen molar-refractivity contribution in [3.63, 3.8) is 0 Å². The van der Waals surface area contributed by atoms with Crippen LogP contribution in [-0.2, 0) is 0 Å². The summed E-state index contributed by atoms with van der Waals surface area (Å²) >= 11 is 2.67. The summed E-state index contributed by atoms with van der Waals surface area (Å²) in [4.78, 5) is 6.31. The van der Waals surface area contributed by atoms with Crippen LogP contribution in [0.5, 0.6) is 0 Å². The number of halogens is 1. The molecule has 2 aromatic heterocycles. The first-order valence-corrected chi connectivity index (χ1v) is 13.8. The number of anilines is 5. The van der Waals surface area contributed by atoms with Crippen molar-refractivity contribution in [2.75, 3.05) is 46.1 Å². The lowest BCUT2D eigenvalue weighted by Crippen LogP contribution is -2.15. The molecule has 192 valence electrons. The number of nitrogens with zero attached hydrogens (tertiary/aromatic N) is 4. The summed E-state index contributed by atoms with van der Waals surface area (Å²) in [5, 5.41) is 17.5. The van der Waals surface area contributed by atoms with E-state index in [1.165, 1.54) is 35.9 Å². The van der Waals surface area contributed by atoms with Crippen LogP contribution in [0.3, 0.4) is 0 Å². The number of nitrogens with one attached hydrogen (secondary N) is 4. The van der Waals surface area contributed by atoms with Crippen molar-refractivity contribution in [2.45, 2.75) is 26.7 Å². The molecule has 1 fully saturated rings. The summed E-state index contributed by atoms with van der Waals surface area (Å²) in [7, 11) is 0. The van der Waals surface area contributed by atoms with Gasteiger partial charge in [-0.15, -0.1) is 21.6 Å². The molecule has 0 bridgehead atoms. The second kappa shape index (κ2) is 11.6. The number of hydrogen-bond acceptors (Lipinski definition) is 10. The molecule has 0 radical (unpaired) electrons. The van der Waals surface area contributed by atoms with Crippen LogP contribution in [0.15, 0.2) is 65.0 Å². The van der Waals surface area contributed by atoms with E-state index >= 15 is 0 Å². The second-order valence-electron chi connectivity index (χ2n) is 8.79. The normalized spacial score (nSPS) is 13.3. The Morgan fingerprint density at radius 2 is 1.70 bits per heavy atom. The van der Waals surface area contributed by atoms with Gasteiger partial charge in [-0.3, -0.25) is 0 Å². The molecule has 3 heterocycles. The third kappa shape index (κ3) is 6.55. The van der Waals surface area contributed by atoms with Crippen molar-refractivity contribution >= 4 is 60.6 Å². The highest BCUT2D eigenvalue weighted by Gasteiger charge is 2.14. The number of rotatable bonds is 10. The maximum absolute atomic E-state index is 13.1. The Kier molecular flexibility index (Phi) is 7.81. The molecule has 1 aliphatic rings. The number of aryl methyl sites for hydroxylation is 2. The van der Waals surface area contributed by atoms with E-state index in [1.54, 1.807) is 0 Å². The Balaban J connectivity index is 1.11. The van der Waals surface area contributed by atoms with Gasteiger partial charge in [-0.05, 0) is 86.3 Å². The number of thiazole rings is 1. The molecule has 0 spiro atoms. The average molecular weight is 537 g/mol. The molecule has 0 aliphatic carbocycles. The first-order chi connectivity index (χ1) is 18.0. The van der Waals surface area contributed by atoms with Crippen molar-refractivity contribution < 1.29 is 4.39 Å². The van der Waals surface area contributed by atoms with Gasteiger partial charge < -0.3 is 26.4 Å². The van der Waals surface area contributed by atoms with Crippen molar-refractivity contribution in [1.82, 2.24) is 4.98 Å². The zero-order chi connectivity index (χ0) is 25.6. The van der Waals surface area contributed by atoms with Crippen LogP contribution in [0.4, 0.5) is 42.3 Å². The van der Waals surface area contributed by atoms with Gasteiger partial charge in [-0.25, -0.2) is 4.98 Å².